The molecule has 23 heavy (non-hydrogen) atoms. The Morgan fingerprint density at radius 3 is 2.65 bits per heavy atom. The molecule has 0 bridgehead atoms. The number of benzene rings is 1. The molecule has 0 fully saturated rings. The summed E-state index contributed by atoms with van der Waals surface area (Å²) in [7, 11) is 0. The van der Waals surface area contributed by atoms with Crippen LogP contribution in [0.15, 0.2) is 48.7 Å². The maximum absolute atomic E-state index is 12.1. The van der Waals surface area contributed by atoms with Crippen LogP contribution in [0.25, 0.3) is 0 Å². The summed E-state index contributed by atoms with van der Waals surface area (Å²) in [4.78, 5) is 14.2. The van der Waals surface area contributed by atoms with Gasteiger partial charge in [-0.3, -0.25) is 4.79 Å². The highest BCUT2D eigenvalue weighted by molar-refractivity contribution is 7.14. The standard InChI is InChI=1S/C19H22ClNOS/c1-2-3-4-5-6-17-11-12-19(23-17)18(22)13-14-21-16-9-7-15(20)8-10-16/h7-14,21H,2-6H2,1H3/b14-13-. The molecular weight excluding hydrogens is 326 g/mol. The second kappa shape index (κ2) is 9.53. The van der Waals surface area contributed by atoms with Crippen LogP contribution < -0.4 is 5.32 Å². The monoisotopic (exact) mass is 347 g/mol. The molecule has 0 atom stereocenters. The van der Waals surface area contributed by atoms with Gasteiger partial charge in [-0.05, 0) is 49.2 Å². The summed E-state index contributed by atoms with van der Waals surface area (Å²) in [5.74, 6) is 0.0382. The van der Waals surface area contributed by atoms with E-state index in [0.717, 1.165) is 17.0 Å². The molecule has 1 heterocycles. The van der Waals surface area contributed by atoms with E-state index in [4.69, 9.17) is 11.6 Å². The van der Waals surface area contributed by atoms with Gasteiger partial charge in [0.1, 0.15) is 0 Å². The average molecular weight is 348 g/mol. The third kappa shape index (κ3) is 6.20. The van der Waals surface area contributed by atoms with Crippen LogP contribution in [0, 0.1) is 0 Å². The zero-order valence-electron chi connectivity index (χ0n) is 13.3. The molecule has 1 N–H and O–H groups in total. The largest absolute Gasteiger partial charge is 0.362 e. The minimum absolute atomic E-state index is 0.0382. The lowest BCUT2D eigenvalue weighted by Crippen LogP contribution is -1.93. The number of unbranched alkanes of at least 4 members (excludes halogenated alkanes) is 3. The van der Waals surface area contributed by atoms with E-state index in [-0.39, 0.29) is 5.78 Å². The SMILES string of the molecule is CCCCCCc1ccc(C(=O)/C=C\Nc2ccc(Cl)cc2)s1. The molecule has 0 aliphatic carbocycles. The zero-order chi connectivity index (χ0) is 16.5. The van der Waals surface area contributed by atoms with Crippen molar-refractivity contribution in [1.82, 2.24) is 0 Å². The van der Waals surface area contributed by atoms with E-state index in [1.54, 1.807) is 23.6 Å². The smallest absolute Gasteiger partial charge is 0.197 e. The Morgan fingerprint density at radius 2 is 1.91 bits per heavy atom. The first-order valence-electron chi connectivity index (χ1n) is 8.00. The minimum Gasteiger partial charge on any atom is -0.362 e. The lowest BCUT2D eigenvalue weighted by molar-refractivity contribution is 0.105. The molecule has 1 aromatic carbocycles. The molecule has 2 nitrogen and oxygen atoms in total. The maximum Gasteiger partial charge on any atom is 0.197 e. The molecule has 0 unspecified atom stereocenters. The highest BCUT2D eigenvalue weighted by atomic mass is 35.5. The fraction of sp³-hybridized carbons (Fsp3) is 0.316. The number of rotatable bonds is 9. The summed E-state index contributed by atoms with van der Waals surface area (Å²) >= 11 is 7.43. The number of halogens is 1. The average Bonchev–Trinajstić information content (AvgIpc) is 3.02. The van der Waals surface area contributed by atoms with Crippen molar-refractivity contribution in [3.63, 3.8) is 0 Å². The van der Waals surface area contributed by atoms with Gasteiger partial charge < -0.3 is 5.32 Å². The molecule has 4 heteroatoms. The third-order valence-corrected chi connectivity index (χ3v) is 4.92. The van der Waals surface area contributed by atoms with Gasteiger partial charge in [-0.15, -0.1) is 11.3 Å². The van der Waals surface area contributed by atoms with Crippen LogP contribution in [0.4, 0.5) is 5.69 Å². The number of carbonyl (C=O) groups is 1. The van der Waals surface area contributed by atoms with Gasteiger partial charge in [0.25, 0.3) is 0 Å². The second-order valence-corrected chi connectivity index (χ2v) is 7.03. The molecule has 0 saturated carbocycles. The van der Waals surface area contributed by atoms with E-state index < -0.39 is 0 Å². The third-order valence-electron chi connectivity index (χ3n) is 3.51. The van der Waals surface area contributed by atoms with E-state index in [1.807, 2.05) is 30.3 Å². The summed E-state index contributed by atoms with van der Waals surface area (Å²) in [6.45, 7) is 2.21. The van der Waals surface area contributed by atoms with Gasteiger partial charge in [-0.2, -0.15) is 0 Å². The summed E-state index contributed by atoms with van der Waals surface area (Å²) in [6.07, 6.45) is 9.33. The number of ketones is 1. The Balaban J connectivity index is 1.82. The fourth-order valence-corrected chi connectivity index (χ4v) is 3.31. The molecule has 0 aliphatic heterocycles. The summed E-state index contributed by atoms with van der Waals surface area (Å²) in [6, 6.07) is 11.4. The van der Waals surface area contributed by atoms with E-state index in [2.05, 4.69) is 18.3 Å². The first-order chi connectivity index (χ1) is 11.2. The molecule has 2 rings (SSSR count). The molecule has 122 valence electrons. The first kappa shape index (κ1) is 17.8. The zero-order valence-corrected chi connectivity index (χ0v) is 14.9. The van der Waals surface area contributed by atoms with Crippen molar-refractivity contribution in [2.75, 3.05) is 5.32 Å². The molecule has 1 aromatic heterocycles. The lowest BCUT2D eigenvalue weighted by atomic mass is 10.1. The highest BCUT2D eigenvalue weighted by Crippen LogP contribution is 2.20. The summed E-state index contributed by atoms with van der Waals surface area (Å²) in [5.41, 5.74) is 0.904. The second-order valence-electron chi connectivity index (χ2n) is 5.43. The maximum atomic E-state index is 12.1. The van der Waals surface area contributed by atoms with Crippen LogP contribution in [-0.2, 0) is 6.42 Å². The normalized spacial score (nSPS) is 11.0. The van der Waals surface area contributed by atoms with Crippen molar-refractivity contribution in [3.05, 3.63) is 63.5 Å². The predicted octanol–water partition coefficient (Wildman–Crippen LogP) is 6.33. The Hall–Kier alpha value is -1.58. The molecular formula is C19H22ClNOS. The Labute approximate surface area is 147 Å². The number of anilines is 1. The molecule has 0 radical (unpaired) electrons. The molecule has 0 saturated heterocycles. The van der Waals surface area contributed by atoms with Gasteiger partial charge >= 0.3 is 0 Å². The van der Waals surface area contributed by atoms with E-state index in [9.17, 15) is 4.79 Å². The van der Waals surface area contributed by atoms with Crippen LogP contribution in [0.2, 0.25) is 5.02 Å². The van der Waals surface area contributed by atoms with Gasteiger partial charge in [-0.25, -0.2) is 0 Å². The molecule has 2 aromatic rings. The van der Waals surface area contributed by atoms with Crippen LogP contribution in [0.3, 0.4) is 0 Å². The molecule has 0 spiro atoms. The lowest BCUT2D eigenvalue weighted by Gasteiger charge is -1.99. The quantitative estimate of drug-likeness (QED) is 0.326. The van der Waals surface area contributed by atoms with E-state index >= 15 is 0 Å². The number of hydrogen-bond donors (Lipinski definition) is 1. The van der Waals surface area contributed by atoms with Crippen molar-refractivity contribution in [3.8, 4) is 0 Å². The van der Waals surface area contributed by atoms with Crippen molar-refractivity contribution in [2.24, 2.45) is 0 Å². The van der Waals surface area contributed by atoms with Crippen molar-refractivity contribution < 1.29 is 4.79 Å². The first-order valence-corrected chi connectivity index (χ1v) is 9.20. The minimum atomic E-state index is 0.0382. The van der Waals surface area contributed by atoms with Crippen LogP contribution >= 0.6 is 22.9 Å². The Kier molecular flexibility index (Phi) is 7.37. The van der Waals surface area contributed by atoms with Crippen LogP contribution in [0.5, 0.6) is 0 Å². The fourth-order valence-electron chi connectivity index (χ4n) is 2.21. The molecule has 0 aliphatic rings. The topological polar surface area (TPSA) is 29.1 Å². The number of allylic oxidation sites excluding steroid dienone is 1. The van der Waals surface area contributed by atoms with Gasteiger partial charge in [0.05, 0.1) is 4.88 Å². The van der Waals surface area contributed by atoms with Gasteiger partial charge in [-0.1, -0.05) is 37.8 Å². The summed E-state index contributed by atoms with van der Waals surface area (Å²) in [5, 5.41) is 3.77. The van der Waals surface area contributed by atoms with Crippen LogP contribution in [-0.4, -0.2) is 5.78 Å². The predicted molar refractivity (Wildman–Crippen MR) is 101 cm³/mol. The van der Waals surface area contributed by atoms with Crippen molar-refractivity contribution in [1.29, 1.82) is 0 Å². The highest BCUT2D eigenvalue weighted by Gasteiger charge is 2.06. The van der Waals surface area contributed by atoms with Crippen molar-refractivity contribution in [2.45, 2.75) is 39.0 Å². The number of nitrogens with one attached hydrogen (secondary N) is 1. The number of aryl methyl sites for hydroxylation is 1. The molecule has 0 amide bonds. The van der Waals surface area contributed by atoms with Gasteiger partial charge in [0.2, 0.25) is 0 Å². The number of thiophene rings is 1. The van der Waals surface area contributed by atoms with Crippen molar-refractivity contribution >= 4 is 34.4 Å². The van der Waals surface area contributed by atoms with E-state index in [0.29, 0.717) is 5.02 Å². The van der Waals surface area contributed by atoms with E-state index in [1.165, 1.54) is 30.6 Å². The van der Waals surface area contributed by atoms with Gasteiger partial charge in [0, 0.05) is 27.9 Å². The van der Waals surface area contributed by atoms with Gasteiger partial charge in [0.15, 0.2) is 5.78 Å². The Morgan fingerprint density at radius 1 is 1.13 bits per heavy atom. The Bertz CT molecular complexity index is 646. The number of hydrogen-bond acceptors (Lipinski definition) is 3. The number of carbonyl (C=O) groups excluding carboxylic acids is 1. The summed E-state index contributed by atoms with van der Waals surface area (Å²) < 4.78 is 0. The van der Waals surface area contributed by atoms with Crippen LogP contribution in [0.1, 0.15) is 47.2 Å².